The molecule has 0 fully saturated rings. The Balaban J connectivity index is 4.37. The fourth-order valence-electron chi connectivity index (χ4n) is 6.36. The molecule has 0 rings (SSSR count). The predicted octanol–water partition coefficient (Wildman–Crippen LogP) is 14.9. The molecule has 0 aromatic carbocycles. The van der Waals surface area contributed by atoms with Crippen molar-refractivity contribution in [1.29, 1.82) is 0 Å². The molecule has 1 atom stereocenters. The summed E-state index contributed by atoms with van der Waals surface area (Å²) in [6.07, 6.45) is 53.6. The minimum Gasteiger partial charge on any atom is -0.462 e. The second-order valence-corrected chi connectivity index (χ2v) is 15.3. The quantitative estimate of drug-likeness (QED) is 0.0202. The Labute approximate surface area is 345 Å². The van der Waals surface area contributed by atoms with Crippen LogP contribution in [0.2, 0.25) is 0 Å². The van der Waals surface area contributed by atoms with Crippen LogP contribution in [-0.2, 0) is 28.6 Å². The molecule has 0 aliphatic heterocycles. The Hall–Kier alpha value is -2.89. The molecule has 0 N–H and O–H groups in total. The lowest BCUT2D eigenvalue weighted by Gasteiger charge is -2.18. The van der Waals surface area contributed by atoms with E-state index in [1.807, 2.05) is 0 Å². The first-order valence-electron chi connectivity index (χ1n) is 23.3. The van der Waals surface area contributed by atoms with Gasteiger partial charge in [0.05, 0.1) is 0 Å². The fourth-order valence-corrected chi connectivity index (χ4v) is 6.36. The molecule has 0 bridgehead atoms. The molecule has 6 nitrogen and oxygen atoms in total. The summed E-state index contributed by atoms with van der Waals surface area (Å²) in [4.78, 5) is 37.7. The number of unbranched alkanes of at least 4 members (excludes halogenated alkanes) is 22. The third-order valence-electron chi connectivity index (χ3n) is 9.83. The van der Waals surface area contributed by atoms with Crippen LogP contribution in [0.1, 0.15) is 220 Å². The molecule has 0 saturated carbocycles. The summed E-state index contributed by atoms with van der Waals surface area (Å²) in [6.45, 7) is 6.33. The van der Waals surface area contributed by atoms with Gasteiger partial charge in [-0.25, -0.2) is 0 Å². The van der Waals surface area contributed by atoms with Crippen LogP contribution in [0.15, 0.2) is 60.8 Å². The van der Waals surface area contributed by atoms with Gasteiger partial charge in [0, 0.05) is 19.3 Å². The van der Waals surface area contributed by atoms with Gasteiger partial charge in [0.25, 0.3) is 0 Å². The van der Waals surface area contributed by atoms with Crippen LogP contribution in [0.3, 0.4) is 0 Å². The lowest BCUT2D eigenvalue weighted by molar-refractivity contribution is -0.167. The Morgan fingerprint density at radius 3 is 1.30 bits per heavy atom. The lowest BCUT2D eigenvalue weighted by Crippen LogP contribution is -2.30. The third-order valence-corrected chi connectivity index (χ3v) is 9.83. The maximum atomic E-state index is 12.7. The first-order valence-corrected chi connectivity index (χ1v) is 23.3. The zero-order chi connectivity index (χ0) is 40.8. The van der Waals surface area contributed by atoms with E-state index in [2.05, 4.69) is 81.5 Å². The van der Waals surface area contributed by atoms with Gasteiger partial charge in [-0.05, 0) is 64.2 Å². The van der Waals surface area contributed by atoms with Crippen molar-refractivity contribution in [3.8, 4) is 0 Å². The van der Waals surface area contributed by atoms with Crippen molar-refractivity contribution in [3.63, 3.8) is 0 Å². The number of ether oxygens (including phenoxy) is 3. The molecule has 6 heteroatoms. The van der Waals surface area contributed by atoms with E-state index < -0.39 is 6.10 Å². The van der Waals surface area contributed by atoms with Crippen molar-refractivity contribution in [2.24, 2.45) is 0 Å². The van der Waals surface area contributed by atoms with Gasteiger partial charge in [-0.2, -0.15) is 0 Å². The van der Waals surface area contributed by atoms with E-state index in [1.54, 1.807) is 0 Å². The number of hydrogen-bond donors (Lipinski definition) is 0. The number of allylic oxidation sites excluding steroid dienone is 10. The standard InChI is InChI=1S/C50H86O6/c1-4-7-10-13-16-19-21-23-24-25-27-28-31-34-37-40-43-49(52)55-46-47(45-54-48(51)42-39-36-33-30-18-15-12-9-6-3)56-50(53)44-41-38-35-32-29-26-22-20-17-14-11-8-5-2/h8-9,11-12,14,17-18,20,22,30,47H,4-7,10,13,15-16,19,21,23-29,31-46H2,1-3H3/b11-8-,12-9-,17-14-,22-20-,30-18-. The van der Waals surface area contributed by atoms with Gasteiger partial charge in [0.2, 0.25) is 0 Å². The molecule has 322 valence electrons. The van der Waals surface area contributed by atoms with E-state index >= 15 is 0 Å². The van der Waals surface area contributed by atoms with Crippen LogP contribution in [0, 0.1) is 0 Å². The van der Waals surface area contributed by atoms with E-state index in [1.165, 1.54) is 83.5 Å². The second-order valence-electron chi connectivity index (χ2n) is 15.3. The van der Waals surface area contributed by atoms with Gasteiger partial charge in [0.1, 0.15) is 13.2 Å². The van der Waals surface area contributed by atoms with Gasteiger partial charge in [-0.3, -0.25) is 14.4 Å². The van der Waals surface area contributed by atoms with Gasteiger partial charge >= 0.3 is 17.9 Å². The van der Waals surface area contributed by atoms with Gasteiger partial charge in [-0.1, -0.05) is 197 Å². The number of esters is 3. The zero-order valence-corrected chi connectivity index (χ0v) is 36.6. The largest absolute Gasteiger partial charge is 0.462 e. The normalized spacial score (nSPS) is 12.6. The highest BCUT2D eigenvalue weighted by Gasteiger charge is 2.19. The first-order chi connectivity index (χ1) is 27.5. The Morgan fingerprint density at radius 1 is 0.393 bits per heavy atom. The highest BCUT2D eigenvalue weighted by Crippen LogP contribution is 2.15. The Bertz CT molecular complexity index is 1040. The Morgan fingerprint density at radius 2 is 0.786 bits per heavy atom. The molecule has 0 saturated heterocycles. The number of carbonyl (C=O) groups is 3. The molecule has 0 radical (unpaired) electrons. The molecule has 1 unspecified atom stereocenters. The van der Waals surface area contributed by atoms with Crippen molar-refractivity contribution in [3.05, 3.63) is 60.8 Å². The summed E-state index contributed by atoms with van der Waals surface area (Å²) in [5.74, 6) is -0.952. The van der Waals surface area contributed by atoms with Crippen LogP contribution in [0.25, 0.3) is 0 Å². The minimum atomic E-state index is -0.793. The van der Waals surface area contributed by atoms with E-state index in [4.69, 9.17) is 14.2 Å². The van der Waals surface area contributed by atoms with Crippen LogP contribution in [-0.4, -0.2) is 37.2 Å². The molecule has 0 spiro atoms. The zero-order valence-electron chi connectivity index (χ0n) is 36.6. The first kappa shape index (κ1) is 53.1. The topological polar surface area (TPSA) is 78.9 Å². The summed E-state index contributed by atoms with van der Waals surface area (Å²) in [7, 11) is 0. The van der Waals surface area contributed by atoms with Crippen molar-refractivity contribution in [1.82, 2.24) is 0 Å². The highest BCUT2D eigenvalue weighted by molar-refractivity contribution is 5.71. The fraction of sp³-hybridized carbons (Fsp3) is 0.740. The number of rotatable bonds is 41. The van der Waals surface area contributed by atoms with Crippen LogP contribution < -0.4 is 0 Å². The van der Waals surface area contributed by atoms with Crippen molar-refractivity contribution in [2.45, 2.75) is 226 Å². The highest BCUT2D eigenvalue weighted by atomic mass is 16.6. The number of hydrogen-bond acceptors (Lipinski definition) is 6. The van der Waals surface area contributed by atoms with Crippen LogP contribution >= 0.6 is 0 Å². The van der Waals surface area contributed by atoms with E-state index in [9.17, 15) is 14.4 Å². The van der Waals surface area contributed by atoms with Crippen LogP contribution in [0.4, 0.5) is 0 Å². The van der Waals surface area contributed by atoms with Gasteiger partial charge < -0.3 is 14.2 Å². The molecular weight excluding hydrogens is 697 g/mol. The van der Waals surface area contributed by atoms with Gasteiger partial charge in [0.15, 0.2) is 6.10 Å². The average Bonchev–Trinajstić information content (AvgIpc) is 3.19. The molecule has 0 heterocycles. The molecular formula is C50H86O6. The van der Waals surface area contributed by atoms with Gasteiger partial charge in [-0.15, -0.1) is 0 Å². The molecule has 0 aromatic rings. The molecule has 56 heavy (non-hydrogen) atoms. The smallest absolute Gasteiger partial charge is 0.306 e. The summed E-state index contributed by atoms with van der Waals surface area (Å²) >= 11 is 0. The van der Waals surface area contributed by atoms with E-state index in [0.717, 1.165) is 96.3 Å². The third kappa shape index (κ3) is 42.3. The SMILES string of the molecule is CC\C=C/C=C\C=C/CCCCCCCC(=O)OC(COC(=O)CCCC/C=C\C/C=C\CC)COC(=O)CCCCCCCCCCCCCCCCCC. The summed E-state index contributed by atoms with van der Waals surface area (Å²) in [6, 6.07) is 0. The molecule has 0 aliphatic carbocycles. The van der Waals surface area contributed by atoms with Crippen molar-refractivity contribution in [2.75, 3.05) is 13.2 Å². The lowest BCUT2D eigenvalue weighted by atomic mass is 10.0. The predicted molar refractivity (Wildman–Crippen MR) is 238 cm³/mol. The van der Waals surface area contributed by atoms with Crippen molar-refractivity contribution >= 4 is 17.9 Å². The molecule has 0 aromatic heterocycles. The maximum absolute atomic E-state index is 12.7. The van der Waals surface area contributed by atoms with Crippen LogP contribution in [0.5, 0.6) is 0 Å². The monoisotopic (exact) mass is 783 g/mol. The van der Waals surface area contributed by atoms with E-state index in [0.29, 0.717) is 19.3 Å². The maximum Gasteiger partial charge on any atom is 0.306 e. The molecule has 0 amide bonds. The van der Waals surface area contributed by atoms with Crippen molar-refractivity contribution < 1.29 is 28.6 Å². The second kappa shape index (κ2) is 44.8. The Kier molecular flexibility index (Phi) is 42.5. The summed E-state index contributed by atoms with van der Waals surface area (Å²) in [5.41, 5.74) is 0. The minimum absolute atomic E-state index is 0.0917. The van der Waals surface area contributed by atoms with E-state index in [-0.39, 0.29) is 31.1 Å². The number of carbonyl (C=O) groups excluding carboxylic acids is 3. The average molecular weight is 783 g/mol. The summed E-state index contributed by atoms with van der Waals surface area (Å²) in [5, 5.41) is 0. The molecule has 0 aliphatic rings. The summed E-state index contributed by atoms with van der Waals surface area (Å²) < 4.78 is 16.7.